The molecule has 0 aliphatic carbocycles. The number of para-hydroxylation sites is 1. The van der Waals surface area contributed by atoms with Crippen LogP contribution in [0.2, 0.25) is 10.0 Å². The highest BCUT2D eigenvalue weighted by Gasteiger charge is 2.11. The SMILES string of the molecule is Fc1ccc(Oc2c(Cl)cccc2CBr)c(Cl)c1. The van der Waals surface area contributed by atoms with E-state index in [1.807, 2.05) is 12.1 Å². The molecular weight excluding hydrogens is 342 g/mol. The van der Waals surface area contributed by atoms with Gasteiger partial charge in [-0.1, -0.05) is 51.3 Å². The summed E-state index contributed by atoms with van der Waals surface area (Å²) in [5.74, 6) is 0.477. The normalized spacial score (nSPS) is 10.4. The first-order chi connectivity index (χ1) is 8.61. The van der Waals surface area contributed by atoms with Crippen molar-refractivity contribution in [1.82, 2.24) is 0 Å². The summed E-state index contributed by atoms with van der Waals surface area (Å²) in [7, 11) is 0. The molecule has 0 saturated heterocycles. The van der Waals surface area contributed by atoms with Crippen LogP contribution < -0.4 is 4.74 Å². The van der Waals surface area contributed by atoms with Gasteiger partial charge in [0.1, 0.15) is 17.3 Å². The Hall–Kier alpha value is -0.770. The quantitative estimate of drug-likeness (QED) is 0.634. The summed E-state index contributed by atoms with van der Waals surface area (Å²) in [4.78, 5) is 0. The third-order valence-electron chi connectivity index (χ3n) is 2.30. The molecule has 94 valence electrons. The highest BCUT2D eigenvalue weighted by Crippen LogP contribution is 2.37. The number of alkyl halides is 1. The van der Waals surface area contributed by atoms with Crippen LogP contribution in [0.25, 0.3) is 0 Å². The average molecular weight is 350 g/mol. The van der Waals surface area contributed by atoms with Crippen LogP contribution in [0.1, 0.15) is 5.56 Å². The smallest absolute Gasteiger partial charge is 0.150 e. The van der Waals surface area contributed by atoms with Gasteiger partial charge in [-0.2, -0.15) is 0 Å². The lowest BCUT2D eigenvalue weighted by molar-refractivity contribution is 0.477. The van der Waals surface area contributed by atoms with E-state index in [0.717, 1.165) is 5.56 Å². The van der Waals surface area contributed by atoms with Crippen LogP contribution in [-0.4, -0.2) is 0 Å². The summed E-state index contributed by atoms with van der Waals surface area (Å²) >= 11 is 15.3. The van der Waals surface area contributed by atoms with E-state index in [1.54, 1.807) is 6.07 Å². The molecule has 5 heteroatoms. The molecule has 0 bridgehead atoms. The summed E-state index contributed by atoms with van der Waals surface area (Å²) in [5.41, 5.74) is 0.892. The molecule has 0 unspecified atom stereocenters. The Balaban J connectivity index is 2.39. The monoisotopic (exact) mass is 348 g/mol. The Morgan fingerprint density at radius 1 is 1.11 bits per heavy atom. The van der Waals surface area contributed by atoms with Crippen molar-refractivity contribution in [1.29, 1.82) is 0 Å². The number of hydrogen-bond donors (Lipinski definition) is 0. The van der Waals surface area contributed by atoms with Gasteiger partial charge in [0, 0.05) is 10.9 Å². The van der Waals surface area contributed by atoms with Crippen molar-refractivity contribution in [3.05, 3.63) is 57.8 Å². The zero-order valence-electron chi connectivity index (χ0n) is 9.09. The van der Waals surface area contributed by atoms with Crippen LogP contribution in [0.3, 0.4) is 0 Å². The topological polar surface area (TPSA) is 9.23 Å². The number of hydrogen-bond acceptors (Lipinski definition) is 1. The summed E-state index contributed by atoms with van der Waals surface area (Å²) < 4.78 is 18.6. The summed E-state index contributed by atoms with van der Waals surface area (Å²) in [6, 6.07) is 9.39. The van der Waals surface area contributed by atoms with Crippen molar-refractivity contribution in [3.63, 3.8) is 0 Å². The molecule has 2 rings (SSSR count). The molecule has 0 radical (unpaired) electrons. The predicted octanol–water partition coefficient (Wildman–Crippen LogP) is 5.82. The van der Waals surface area contributed by atoms with Gasteiger partial charge in [-0.15, -0.1) is 0 Å². The lowest BCUT2D eigenvalue weighted by atomic mass is 10.2. The van der Waals surface area contributed by atoms with E-state index in [4.69, 9.17) is 27.9 Å². The molecule has 0 aromatic heterocycles. The first-order valence-electron chi connectivity index (χ1n) is 5.08. The molecule has 2 aromatic rings. The largest absolute Gasteiger partial charge is 0.454 e. The third kappa shape index (κ3) is 2.97. The van der Waals surface area contributed by atoms with E-state index < -0.39 is 5.82 Å². The fourth-order valence-corrected chi connectivity index (χ4v) is 2.32. The van der Waals surface area contributed by atoms with Gasteiger partial charge in [0.05, 0.1) is 10.0 Å². The molecule has 0 heterocycles. The fourth-order valence-electron chi connectivity index (χ4n) is 1.44. The van der Waals surface area contributed by atoms with Gasteiger partial charge >= 0.3 is 0 Å². The maximum Gasteiger partial charge on any atom is 0.150 e. The van der Waals surface area contributed by atoms with Gasteiger partial charge in [0.15, 0.2) is 0 Å². The summed E-state index contributed by atoms with van der Waals surface area (Å²) in [5, 5.41) is 1.28. The molecule has 0 spiro atoms. The second kappa shape index (κ2) is 5.91. The molecule has 0 aliphatic rings. The van der Waals surface area contributed by atoms with Crippen molar-refractivity contribution < 1.29 is 9.13 Å². The number of rotatable bonds is 3. The van der Waals surface area contributed by atoms with E-state index in [1.165, 1.54) is 18.2 Å². The third-order valence-corrected chi connectivity index (χ3v) is 3.50. The van der Waals surface area contributed by atoms with E-state index >= 15 is 0 Å². The van der Waals surface area contributed by atoms with Crippen LogP contribution in [-0.2, 0) is 5.33 Å². The van der Waals surface area contributed by atoms with Crippen molar-refractivity contribution in [3.8, 4) is 11.5 Å². The number of halogens is 4. The molecule has 0 amide bonds. The molecular formula is C13H8BrCl2FO. The van der Waals surface area contributed by atoms with E-state index in [2.05, 4.69) is 15.9 Å². The molecule has 1 nitrogen and oxygen atoms in total. The van der Waals surface area contributed by atoms with Crippen molar-refractivity contribution in [2.45, 2.75) is 5.33 Å². The predicted molar refractivity (Wildman–Crippen MR) is 75.6 cm³/mol. The minimum Gasteiger partial charge on any atom is -0.454 e. The highest BCUT2D eigenvalue weighted by atomic mass is 79.9. The molecule has 0 saturated carbocycles. The Kier molecular flexibility index (Phi) is 4.49. The van der Waals surface area contributed by atoms with E-state index in [9.17, 15) is 4.39 Å². The molecule has 0 fully saturated rings. The van der Waals surface area contributed by atoms with Crippen LogP contribution in [0.4, 0.5) is 4.39 Å². The minimum absolute atomic E-state index is 0.204. The second-order valence-electron chi connectivity index (χ2n) is 3.54. The second-order valence-corrected chi connectivity index (χ2v) is 4.91. The number of ether oxygens (including phenoxy) is 1. The Bertz CT molecular complexity index is 575. The zero-order valence-corrected chi connectivity index (χ0v) is 12.2. The minimum atomic E-state index is -0.410. The zero-order chi connectivity index (χ0) is 13.1. The van der Waals surface area contributed by atoms with E-state index in [-0.39, 0.29) is 5.02 Å². The van der Waals surface area contributed by atoms with Gasteiger partial charge in [-0.3, -0.25) is 0 Å². The first-order valence-corrected chi connectivity index (χ1v) is 6.96. The first kappa shape index (κ1) is 13.7. The lowest BCUT2D eigenvalue weighted by Crippen LogP contribution is -1.91. The standard InChI is InChI=1S/C13H8BrCl2FO/c14-7-8-2-1-3-10(15)13(8)18-12-5-4-9(17)6-11(12)16/h1-6H,7H2. The van der Waals surface area contributed by atoms with Gasteiger partial charge < -0.3 is 4.74 Å². The van der Waals surface area contributed by atoms with Crippen molar-refractivity contribution >= 4 is 39.1 Å². The molecule has 0 N–H and O–H groups in total. The van der Waals surface area contributed by atoms with Crippen LogP contribution in [0.15, 0.2) is 36.4 Å². The number of benzene rings is 2. The molecule has 0 atom stereocenters. The Morgan fingerprint density at radius 3 is 2.56 bits per heavy atom. The van der Waals surface area contributed by atoms with Gasteiger partial charge in [-0.25, -0.2) is 4.39 Å². The molecule has 2 aromatic carbocycles. The van der Waals surface area contributed by atoms with Gasteiger partial charge in [0.25, 0.3) is 0 Å². The van der Waals surface area contributed by atoms with Crippen LogP contribution >= 0.6 is 39.1 Å². The van der Waals surface area contributed by atoms with Gasteiger partial charge in [-0.05, 0) is 24.3 Å². The van der Waals surface area contributed by atoms with Crippen LogP contribution in [0, 0.1) is 5.82 Å². The maximum absolute atomic E-state index is 12.9. The van der Waals surface area contributed by atoms with Gasteiger partial charge in [0.2, 0.25) is 0 Å². The van der Waals surface area contributed by atoms with Crippen LogP contribution in [0.5, 0.6) is 11.5 Å². The van der Waals surface area contributed by atoms with Crippen molar-refractivity contribution in [2.24, 2.45) is 0 Å². The summed E-state index contributed by atoms with van der Waals surface area (Å²) in [6.07, 6.45) is 0. The molecule has 0 aliphatic heterocycles. The van der Waals surface area contributed by atoms with Crippen molar-refractivity contribution in [2.75, 3.05) is 0 Å². The van der Waals surface area contributed by atoms with E-state index in [0.29, 0.717) is 21.9 Å². The summed E-state index contributed by atoms with van der Waals surface area (Å²) in [6.45, 7) is 0. The fraction of sp³-hybridized carbons (Fsp3) is 0.0769. The highest BCUT2D eigenvalue weighted by molar-refractivity contribution is 9.08. The Labute approximate surface area is 123 Å². The molecule has 18 heavy (non-hydrogen) atoms. The Morgan fingerprint density at radius 2 is 1.89 bits per heavy atom. The average Bonchev–Trinajstić information content (AvgIpc) is 2.34. The lowest BCUT2D eigenvalue weighted by Gasteiger charge is -2.12. The maximum atomic E-state index is 12.9.